The quantitative estimate of drug-likeness (QED) is 0.0773. The third kappa shape index (κ3) is 5.55. The highest BCUT2D eigenvalue weighted by atomic mass is 35.5. The molecule has 0 N–H and O–H groups in total. The molecule has 5 aromatic rings. The summed E-state index contributed by atoms with van der Waals surface area (Å²) >= 11 is 5.90. The van der Waals surface area contributed by atoms with Crippen LogP contribution in [0, 0.1) is 15.3 Å². The predicted molar refractivity (Wildman–Crippen MR) is 137 cm³/mol. The minimum atomic E-state index is -0.555. The van der Waals surface area contributed by atoms with Gasteiger partial charge in [0.15, 0.2) is 11.9 Å². The lowest BCUT2D eigenvalue weighted by Crippen LogP contribution is -2.26. The Morgan fingerprint density at radius 1 is 0.895 bits per heavy atom. The molecule has 0 radical (unpaired) electrons. The number of nitro benzene ring substituents is 1. The van der Waals surface area contributed by atoms with Gasteiger partial charge in [0.25, 0.3) is 11.0 Å². The highest BCUT2D eigenvalue weighted by molar-refractivity contribution is 6.28. The van der Waals surface area contributed by atoms with Crippen LogP contribution in [-0.2, 0) is 13.2 Å². The maximum atomic E-state index is 12.1. The summed E-state index contributed by atoms with van der Waals surface area (Å²) in [5.41, 5.74) is 2.08. The summed E-state index contributed by atoms with van der Waals surface area (Å²) in [7, 11) is 0. The zero-order chi connectivity index (χ0) is 26.5. The molecule has 38 heavy (non-hydrogen) atoms. The molecular formula is C27H19ClN4O6. The van der Waals surface area contributed by atoms with Crippen LogP contribution in [0.4, 0.5) is 5.69 Å². The molecule has 0 aliphatic rings. The van der Waals surface area contributed by atoms with Crippen molar-refractivity contribution in [1.82, 2.24) is 10.1 Å². The maximum absolute atomic E-state index is 12.1. The van der Waals surface area contributed by atoms with Crippen LogP contribution in [0.3, 0.4) is 0 Å². The average molecular weight is 531 g/mol. The molecule has 0 aliphatic carbocycles. The van der Waals surface area contributed by atoms with Crippen LogP contribution in [0.1, 0.15) is 11.1 Å². The highest BCUT2D eigenvalue weighted by Gasteiger charge is 2.26. The smallest absolute Gasteiger partial charge is 0.315 e. The number of aromatic nitrogens is 3. The standard InChI is InChI=1S/C27H19ClN4O6/c28-24-15-20(11-12-31(24)33)26-29-27(38-30-26)21-13-22(32(34)35)25(37-17-19-9-5-2-6-10-19)23(14-21)36-16-18-7-3-1-4-8-18/h1-15H,16-17H2. The van der Waals surface area contributed by atoms with Gasteiger partial charge in [-0.3, -0.25) is 10.1 Å². The molecule has 3 aromatic carbocycles. The van der Waals surface area contributed by atoms with Crippen molar-refractivity contribution in [3.63, 3.8) is 0 Å². The van der Waals surface area contributed by atoms with Gasteiger partial charge in [-0.1, -0.05) is 65.8 Å². The molecule has 0 unspecified atom stereocenters. The van der Waals surface area contributed by atoms with Crippen molar-refractivity contribution in [2.45, 2.75) is 13.2 Å². The van der Waals surface area contributed by atoms with Crippen molar-refractivity contribution >= 4 is 17.3 Å². The first-order valence-electron chi connectivity index (χ1n) is 11.4. The molecule has 0 saturated carbocycles. The van der Waals surface area contributed by atoms with Gasteiger partial charge in [-0.05, 0) is 28.8 Å². The van der Waals surface area contributed by atoms with E-state index in [1.165, 1.54) is 24.4 Å². The zero-order valence-electron chi connectivity index (χ0n) is 19.7. The SMILES string of the molecule is O=[N+]([O-])c1cc(-c2nc(-c3cc[n+]([O-])c(Cl)c3)no2)cc(OCc2ccccc2)c1OCc1ccccc1. The monoisotopic (exact) mass is 530 g/mol. The van der Waals surface area contributed by atoms with E-state index in [2.05, 4.69) is 10.1 Å². The van der Waals surface area contributed by atoms with E-state index in [4.69, 9.17) is 25.6 Å². The van der Waals surface area contributed by atoms with E-state index in [-0.39, 0.29) is 52.8 Å². The van der Waals surface area contributed by atoms with E-state index in [1.807, 2.05) is 60.7 Å². The minimum Gasteiger partial charge on any atom is -0.618 e. The number of rotatable bonds is 9. The Morgan fingerprint density at radius 3 is 2.18 bits per heavy atom. The van der Waals surface area contributed by atoms with Gasteiger partial charge in [-0.25, -0.2) is 0 Å². The van der Waals surface area contributed by atoms with Gasteiger partial charge in [0.1, 0.15) is 13.2 Å². The summed E-state index contributed by atoms with van der Waals surface area (Å²) in [5.74, 6) is 0.288. The van der Waals surface area contributed by atoms with Crippen LogP contribution < -0.4 is 14.2 Å². The molecule has 0 atom stereocenters. The fourth-order valence-electron chi connectivity index (χ4n) is 3.62. The molecule has 0 saturated heterocycles. The number of halogens is 1. The fourth-order valence-corrected chi connectivity index (χ4v) is 3.79. The molecule has 0 amide bonds. The maximum Gasteiger partial charge on any atom is 0.315 e. The van der Waals surface area contributed by atoms with Crippen molar-refractivity contribution in [3.8, 4) is 34.3 Å². The van der Waals surface area contributed by atoms with Gasteiger partial charge >= 0.3 is 5.69 Å². The molecule has 190 valence electrons. The molecule has 0 fully saturated rings. The van der Waals surface area contributed by atoms with E-state index in [1.54, 1.807) is 6.07 Å². The van der Waals surface area contributed by atoms with Crippen LogP contribution >= 0.6 is 11.6 Å². The Bertz CT molecular complexity index is 1580. The summed E-state index contributed by atoms with van der Waals surface area (Å²) in [5, 5.41) is 27.5. The van der Waals surface area contributed by atoms with E-state index in [0.717, 1.165) is 11.1 Å². The topological polar surface area (TPSA) is 127 Å². The Morgan fingerprint density at radius 2 is 1.55 bits per heavy atom. The second kappa shape index (κ2) is 11.0. The Labute approximate surface area is 221 Å². The lowest BCUT2D eigenvalue weighted by Gasteiger charge is -2.14. The van der Waals surface area contributed by atoms with Crippen molar-refractivity contribution in [2.24, 2.45) is 0 Å². The summed E-state index contributed by atoms with van der Waals surface area (Å²) in [6, 6.07) is 24.4. The Kier molecular flexibility index (Phi) is 7.14. The molecule has 2 heterocycles. The number of hydrogen-bond donors (Lipinski definition) is 0. The molecule has 0 aliphatic heterocycles. The Balaban J connectivity index is 1.53. The van der Waals surface area contributed by atoms with E-state index in [9.17, 15) is 15.3 Å². The first kappa shape index (κ1) is 24.7. The number of pyridine rings is 1. The lowest BCUT2D eigenvalue weighted by atomic mass is 10.1. The highest BCUT2D eigenvalue weighted by Crippen LogP contribution is 2.42. The normalized spacial score (nSPS) is 10.8. The second-order valence-electron chi connectivity index (χ2n) is 8.12. The van der Waals surface area contributed by atoms with Crippen LogP contribution in [0.5, 0.6) is 11.5 Å². The van der Waals surface area contributed by atoms with Gasteiger partial charge in [0.05, 0.1) is 10.5 Å². The van der Waals surface area contributed by atoms with Crippen molar-refractivity contribution in [3.05, 3.63) is 123 Å². The summed E-state index contributed by atoms with van der Waals surface area (Å²) in [6.07, 6.45) is 1.22. The van der Waals surface area contributed by atoms with Crippen molar-refractivity contribution < 1.29 is 23.7 Å². The van der Waals surface area contributed by atoms with Crippen LogP contribution in [0.2, 0.25) is 5.15 Å². The van der Waals surface area contributed by atoms with Crippen LogP contribution in [0.15, 0.2) is 95.6 Å². The lowest BCUT2D eigenvalue weighted by molar-refractivity contribution is -0.602. The minimum absolute atomic E-state index is 0.0113. The number of ether oxygens (including phenoxy) is 2. The van der Waals surface area contributed by atoms with Crippen LogP contribution in [0.25, 0.3) is 22.8 Å². The Hall–Kier alpha value is -4.96. The van der Waals surface area contributed by atoms with Gasteiger partial charge in [0.2, 0.25) is 11.6 Å². The average Bonchev–Trinajstić information content (AvgIpc) is 3.43. The molecular weight excluding hydrogens is 512 g/mol. The predicted octanol–water partition coefficient (Wildman–Crippen LogP) is 5.76. The third-order valence-corrected chi connectivity index (χ3v) is 5.78. The van der Waals surface area contributed by atoms with Gasteiger partial charge < -0.3 is 19.2 Å². The van der Waals surface area contributed by atoms with Crippen molar-refractivity contribution in [2.75, 3.05) is 0 Å². The fraction of sp³-hybridized carbons (Fsp3) is 0.0741. The number of hydrogen-bond acceptors (Lipinski definition) is 8. The summed E-state index contributed by atoms with van der Waals surface area (Å²) in [6.45, 7) is 0.248. The number of nitrogens with zero attached hydrogens (tertiary/aromatic N) is 4. The second-order valence-corrected chi connectivity index (χ2v) is 8.50. The molecule has 5 rings (SSSR count). The molecule has 11 heteroatoms. The van der Waals surface area contributed by atoms with Crippen LogP contribution in [-0.4, -0.2) is 15.1 Å². The summed E-state index contributed by atoms with van der Waals surface area (Å²) in [4.78, 5) is 15.9. The first-order valence-corrected chi connectivity index (χ1v) is 11.7. The van der Waals surface area contributed by atoms with E-state index >= 15 is 0 Å². The van der Waals surface area contributed by atoms with Gasteiger partial charge in [-0.2, -0.15) is 9.71 Å². The zero-order valence-corrected chi connectivity index (χ0v) is 20.4. The third-order valence-electron chi connectivity index (χ3n) is 5.50. The van der Waals surface area contributed by atoms with E-state index < -0.39 is 4.92 Å². The van der Waals surface area contributed by atoms with Gasteiger partial charge in [-0.15, -0.1) is 0 Å². The number of nitro groups is 1. The van der Waals surface area contributed by atoms with Gasteiger partial charge in [0, 0.05) is 23.8 Å². The molecule has 2 aromatic heterocycles. The number of benzene rings is 3. The molecule has 10 nitrogen and oxygen atoms in total. The van der Waals surface area contributed by atoms with Crippen molar-refractivity contribution in [1.29, 1.82) is 0 Å². The van der Waals surface area contributed by atoms with E-state index in [0.29, 0.717) is 10.3 Å². The first-order chi connectivity index (χ1) is 18.5. The molecule has 0 bridgehead atoms. The summed E-state index contributed by atoms with van der Waals surface area (Å²) < 4.78 is 17.8. The largest absolute Gasteiger partial charge is 0.618 e. The molecule has 0 spiro atoms.